The second-order valence-corrected chi connectivity index (χ2v) is 4.98. The fourth-order valence-electron chi connectivity index (χ4n) is 2.95. The molecule has 1 unspecified atom stereocenters. The van der Waals surface area contributed by atoms with Crippen molar-refractivity contribution in [2.24, 2.45) is 5.41 Å². The van der Waals surface area contributed by atoms with E-state index in [1.807, 2.05) is 6.07 Å². The summed E-state index contributed by atoms with van der Waals surface area (Å²) in [6, 6.07) is 1.90. The van der Waals surface area contributed by atoms with Crippen molar-refractivity contribution in [3.63, 3.8) is 0 Å². The molecule has 0 amide bonds. The van der Waals surface area contributed by atoms with E-state index in [0.29, 0.717) is 5.75 Å². The minimum Gasteiger partial charge on any atom is -0.495 e. The van der Waals surface area contributed by atoms with Crippen LogP contribution in [0.3, 0.4) is 0 Å². The molecule has 0 bridgehead atoms. The zero-order chi connectivity index (χ0) is 12.3. The maximum Gasteiger partial charge on any atom is 0.137 e. The molecule has 0 spiro atoms. The Morgan fingerprint density at radius 3 is 2.71 bits per heavy atom. The van der Waals surface area contributed by atoms with Gasteiger partial charge in [0.15, 0.2) is 0 Å². The monoisotopic (exact) mass is 235 g/mol. The van der Waals surface area contributed by atoms with E-state index in [2.05, 4.69) is 11.9 Å². The quantitative estimate of drug-likeness (QED) is 0.872. The smallest absolute Gasteiger partial charge is 0.137 e. The SMILES string of the molecule is CCC1(C(O)c2cncc(OC)c2)CCCC1. The van der Waals surface area contributed by atoms with Crippen molar-refractivity contribution in [2.75, 3.05) is 7.11 Å². The molecule has 1 N–H and O–H groups in total. The van der Waals surface area contributed by atoms with Crippen LogP contribution >= 0.6 is 0 Å². The molecule has 94 valence electrons. The molecule has 1 aliphatic carbocycles. The molecule has 0 saturated heterocycles. The van der Waals surface area contributed by atoms with Crippen molar-refractivity contribution in [1.29, 1.82) is 0 Å². The van der Waals surface area contributed by atoms with Crippen LogP contribution in [0.1, 0.15) is 50.7 Å². The van der Waals surface area contributed by atoms with Crippen molar-refractivity contribution < 1.29 is 9.84 Å². The van der Waals surface area contributed by atoms with Crippen LogP contribution in [0.5, 0.6) is 5.75 Å². The summed E-state index contributed by atoms with van der Waals surface area (Å²) in [6.45, 7) is 2.17. The minimum atomic E-state index is -0.419. The number of nitrogens with zero attached hydrogens (tertiary/aromatic N) is 1. The van der Waals surface area contributed by atoms with E-state index in [1.54, 1.807) is 19.5 Å². The highest BCUT2D eigenvalue weighted by atomic mass is 16.5. The van der Waals surface area contributed by atoms with Gasteiger partial charge in [-0.3, -0.25) is 4.98 Å². The van der Waals surface area contributed by atoms with Crippen LogP contribution in [0, 0.1) is 5.41 Å². The molecular weight excluding hydrogens is 214 g/mol. The second kappa shape index (κ2) is 5.05. The number of hydrogen-bond donors (Lipinski definition) is 1. The topological polar surface area (TPSA) is 42.4 Å². The molecule has 1 atom stereocenters. The summed E-state index contributed by atoms with van der Waals surface area (Å²) in [4.78, 5) is 4.13. The van der Waals surface area contributed by atoms with E-state index in [9.17, 15) is 5.11 Å². The van der Waals surface area contributed by atoms with E-state index in [4.69, 9.17) is 4.74 Å². The normalized spacial score (nSPS) is 20.2. The molecule has 1 aromatic rings. The van der Waals surface area contributed by atoms with Gasteiger partial charge in [0.05, 0.1) is 19.4 Å². The molecule has 1 heterocycles. The summed E-state index contributed by atoms with van der Waals surface area (Å²) in [5.74, 6) is 0.714. The lowest BCUT2D eigenvalue weighted by atomic mass is 9.75. The molecule has 17 heavy (non-hydrogen) atoms. The molecule has 1 aliphatic rings. The number of aliphatic hydroxyl groups excluding tert-OH is 1. The lowest BCUT2D eigenvalue weighted by Crippen LogP contribution is -2.25. The Bertz CT molecular complexity index is 372. The molecule has 0 radical (unpaired) electrons. The van der Waals surface area contributed by atoms with Gasteiger partial charge in [0, 0.05) is 17.2 Å². The molecule has 1 saturated carbocycles. The minimum absolute atomic E-state index is 0.0496. The molecule has 1 fully saturated rings. The highest BCUT2D eigenvalue weighted by Gasteiger charge is 2.39. The number of methoxy groups -OCH3 is 1. The second-order valence-electron chi connectivity index (χ2n) is 4.98. The van der Waals surface area contributed by atoms with Gasteiger partial charge in [0.1, 0.15) is 5.75 Å². The number of rotatable bonds is 4. The zero-order valence-electron chi connectivity index (χ0n) is 10.6. The summed E-state index contributed by atoms with van der Waals surface area (Å²) in [5, 5.41) is 10.6. The van der Waals surface area contributed by atoms with Gasteiger partial charge in [-0.05, 0) is 25.3 Å². The van der Waals surface area contributed by atoms with Gasteiger partial charge in [0.2, 0.25) is 0 Å². The zero-order valence-corrected chi connectivity index (χ0v) is 10.6. The van der Waals surface area contributed by atoms with Gasteiger partial charge in [-0.25, -0.2) is 0 Å². The van der Waals surface area contributed by atoms with E-state index >= 15 is 0 Å². The average molecular weight is 235 g/mol. The number of pyridine rings is 1. The first-order valence-electron chi connectivity index (χ1n) is 6.39. The van der Waals surface area contributed by atoms with Crippen LogP contribution in [0.25, 0.3) is 0 Å². The summed E-state index contributed by atoms with van der Waals surface area (Å²) in [6.07, 6.45) is 8.70. The summed E-state index contributed by atoms with van der Waals surface area (Å²) < 4.78 is 5.16. The van der Waals surface area contributed by atoms with E-state index in [1.165, 1.54) is 12.8 Å². The number of hydrogen-bond acceptors (Lipinski definition) is 3. The lowest BCUT2D eigenvalue weighted by Gasteiger charge is -2.33. The number of aliphatic hydroxyl groups is 1. The maximum atomic E-state index is 10.6. The van der Waals surface area contributed by atoms with Crippen LogP contribution in [0.15, 0.2) is 18.5 Å². The van der Waals surface area contributed by atoms with Gasteiger partial charge >= 0.3 is 0 Å². The number of ether oxygens (including phenoxy) is 1. The fraction of sp³-hybridized carbons (Fsp3) is 0.643. The van der Waals surface area contributed by atoms with Gasteiger partial charge in [-0.1, -0.05) is 19.8 Å². The molecule has 0 aliphatic heterocycles. The van der Waals surface area contributed by atoms with Gasteiger partial charge in [0.25, 0.3) is 0 Å². The highest BCUT2D eigenvalue weighted by Crippen LogP contribution is 2.50. The van der Waals surface area contributed by atoms with E-state index in [-0.39, 0.29) is 5.41 Å². The van der Waals surface area contributed by atoms with Crippen LogP contribution < -0.4 is 4.74 Å². The van der Waals surface area contributed by atoms with Gasteiger partial charge in [-0.15, -0.1) is 0 Å². The van der Waals surface area contributed by atoms with Crippen molar-refractivity contribution >= 4 is 0 Å². The Morgan fingerprint density at radius 1 is 1.41 bits per heavy atom. The third-order valence-electron chi connectivity index (χ3n) is 4.17. The fourth-order valence-corrected chi connectivity index (χ4v) is 2.95. The first kappa shape index (κ1) is 12.4. The summed E-state index contributed by atoms with van der Waals surface area (Å²) in [7, 11) is 1.62. The maximum absolute atomic E-state index is 10.6. The highest BCUT2D eigenvalue weighted by molar-refractivity contribution is 5.26. The van der Waals surface area contributed by atoms with E-state index < -0.39 is 6.10 Å². The molecule has 3 heteroatoms. The largest absolute Gasteiger partial charge is 0.495 e. The number of aromatic nitrogens is 1. The van der Waals surface area contributed by atoms with Crippen molar-refractivity contribution in [1.82, 2.24) is 4.98 Å². The van der Waals surface area contributed by atoms with E-state index in [0.717, 1.165) is 24.8 Å². The summed E-state index contributed by atoms with van der Waals surface area (Å²) in [5.41, 5.74) is 0.932. The van der Waals surface area contributed by atoms with Crippen molar-refractivity contribution in [3.05, 3.63) is 24.0 Å². The molecule has 3 nitrogen and oxygen atoms in total. The molecular formula is C14H21NO2. The third kappa shape index (κ3) is 2.29. The van der Waals surface area contributed by atoms with Crippen LogP contribution in [0.2, 0.25) is 0 Å². The van der Waals surface area contributed by atoms with Crippen molar-refractivity contribution in [3.8, 4) is 5.75 Å². The van der Waals surface area contributed by atoms with Gasteiger partial charge in [-0.2, -0.15) is 0 Å². The molecule has 1 aromatic heterocycles. The van der Waals surface area contributed by atoms with Crippen molar-refractivity contribution in [2.45, 2.75) is 45.1 Å². The van der Waals surface area contributed by atoms with Crippen LogP contribution in [0.4, 0.5) is 0 Å². The molecule has 2 rings (SSSR count). The first-order valence-corrected chi connectivity index (χ1v) is 6.39. The molecule has 0 aromatic carbocycles. The Morgan fingerprint density at radius 2 is 2.12 bits per heavy atom. The average Bonchev–Trinajstić information content (AvgIpc) is 2.88. The van der Waals surface area contributed by atoms with Crippen LogP contribution in [-0.4, -0.2) is 17.2 Å². The summed E-state index contributed by atoms with van der Waals surface area (Å²) >= 11 is 0. The first-order chi connectivity index (χ1) is 8.22. The Hall–Kier alpha value is -1.09. The Labute approximate surface area is 103 Å². The predicted octanol–water partition coefficient (Wildman–Crippen LogP) is 3.09. The van der Waals surface area contributed by atoms with Gasteiger partial charge < -0.3 is 9.84 Å². The Balaban J connectivity index is 2.25. The standard InChI is InChI=1S/C14H21NO2/c1-3-14(6-4-5-7-14)13(16)11-8-12(17-2)10-15-9-11/h8-10,13,16H,3-7H2,1-2H3. The predicted molar refractivity (Wildman–Crippen MR) is 66.9 cm³/mol. The lowest BCUT2D eigenvalue weighted by molar-refractivity contribution is 0.0234. The Kier molecular flexibility index (Phi) is 3.67. The van der Waals surface area contributed by atoms with Crippen LogP contribution in [-0.2, 0) is 0 Å². The third-order valence-corrected chi connectivity index (χ3v) is 4.17.